The lowest BCUT2D eigenvalue weighted by Gasteiger charge is -2.29. The summed E-state index contributed by atoms with van der Waals surface area (Å²) in [5.41, 5.74) is 1.50. The Kier molecular flexibility index (Phi) is 6.74. The molecule has 0 heterocycles. The molecule has 0 saturated carbocycles. The van der Waals surface area contributed by atoms with Crippen LogP contribution in [0.25, 0.3) is 0 Å². The van der Waals surface area contributed by atoms with Crippen molar-refractivity contribution in [2.75, 3.05) is 40.1 Å². The summed E-state index contributed by atoms with van der Waals surface area (Å²) < 4.78 is 5.16. The van der Waals surface area contributed by atoms with Crippen molar-refractivity contribution in [1.82, 2.24) is 9.80 Å². The number of ether oxygens (including phenoxy) is 1. The van der Waals surface area contributed by atoms with Crippen molar-refractivity contribution >= 4 is 17.5 Å². The fraction of sp³-hybridized carbons (Fsp3) is 0.300. The summed E-state index contributed by atoms with van der Waals surface area (Å²) in [6.45, 7) is 0.0797. The van der Waals surface area contributed by atoms with Crippen molar-refractivity contribution < 1.29 is 14.3 Å². The van der Waals surface area contributed by atoms with Crippen molar-refractivity contribution in [3.05, 3.63) is 60.2 Å². The summed E-state index contributed by atoms with van der Waals surface area (Å²) in [5.74, 6) is 0.391. The van der Waals surface area contributed by atoms with Gasteiger partial charge in [-0.15, -0.1) is 0 Å². The number of methoxy groups -OCH3 is 1. The lowest BCUT2D eigenvalue weighted by Crippen LogP contribution is -2.41. The normalized spacial score (nSPS) is 11.7. The van der Waals surface area contributed by atoms with Crippen LogP contribution in [0.3, 0.4) is 0 Å². The highest BCUT2D eigenvalue weighted by Gasteiger charge is 2.27. The zero-order valence-corrected chi connectivity index (χ0v) is 15.6. The topological polar surface area (TPSA) is 61.9 Å². The molecule has 26 heavy (non-hydrogen) atoms. The van der Waals surface area contributed by atoms with Gasteiger partial charge in [-0.05, 0) is 24.7 Å². The molecule has 0 aliphatic carbocycles. The zero-order valence-electron chi connectivity index (χ0n) is 15.6. The van der Waals surface area contributed by atoms with E-state index in [-0.39, 0.29) is 18.4 Å². The summed E-state index contributed by atoms with van der Waals surface area (Å²) >= 11 is 0. The highest BCUT2D eigenvalue weighted by atomic mass is 16.5. The Morgan fingerprint density at radius 2 is 1.73 bits per heavy atom. The predicted molar refractivity (Wildman–Crippen MR) is 102 cm³/mol. The Hall–Kier alpha value is -2.86. The second kappa shape index (κ2) is 9.01. The van der Waals surface area contributed by atoms with Crippen LogP contribution in [0.4, 0.5) is 5.69 Å². The standard InChI is InChI=1S/C20H25N3O3/c1-22(2)20(25)19(15-9-6-5-7-10-15)23(3)14-18(24)21-16-11-8-12-17(13-16)26-4/h5-13,19H,14H2,1-4H3,(H,21,24)/t19-/m1/s1. The number of likely N-dealkylation sites (N-methyl/N-ethyl adjacent to an activating group) is 2. The van der Waals surface area contributed by atoms with Gasteiger partial charge in [-0.25, -0.2) is 0 Å². The first kappa shape index (κ1) is 19.5. The smallest absolute Gasteiger partial charge is 0.244 e. The maximum absolute atomic E-state index is 12.6. The van der Waals surface area contributed by atoms with E-state index in [1.807, 2.05) is 36.4 Å². The molecule has 0 aliphatic heterocycles. The van der Waals surface area contributed by atoms with Crippen LogP contribution in [-0.2, 0) is 9.59 Å². The van der Waals surface area contributed by atoms with Crippen LogP contribution in [0.5, 0.6) is 5.75 Å². The van der Waals surface area contributed by atoms with Gasteiger partial charge in [0.2, 0.25) is 11.8 Å². The minimum Gasteiger partial charge on any atom is -0.497 e. The summed E-state index contributed by atoms with van der Waals surface area (Å²) in [7, 11) is 6.76. The van der Waals surface area contributed by atoms with Crippen LogP contribution in [0.1, 0.15) is 11.6 Å². The van der Waals surface area contributed by atoms with Gasteiger partial charge in [-0.1, -0.05) is 36.4 Å². The summed E-state index contributed by atoms with van der Waals surface area (Å²) in [5, 5.41) is 2.84. The first-order chi connectivity index (χ1) is 12.4. The molecule has 138 valence electrons. The third-order valence-corrected chi connectivity index (χ3v) is 3.98. The lowest BCUT2D eigenvalue weighted by atomic mass is 10.0. The third kappa shape index (κ3) is 5.07. The lowest BCUT2D eigenvalue weighted by molar-refractivity contribution is -0.134. The minimum atomic E-state index is -0.526. The van der Waals surface area contributed by atoms with Gasteiger partial charge >= 0.3 is 0 Å². The fourth-order valence-electron chi connectivity index (χ4n) is 2.68. The molecule has 1 N–H and O–H groups in total. The number of carbonyl (C=O) groups excluding carboxylic acids is 2. The maximum Gasteiger partial charge on any atom is 0.244 e. The van der Waals surface area contributed by atoms with E-state index < -0.39 is 6.04 Å². The molecule has 0 aliphatic rings. The van der Waals surface area contributed by atoms with Gasteiger partial charge in [0, 0.05) is 25.8 Å². The van der Waals surface area contributed by atoms with Gasteiger partial charge in [-0.2, -0.15) is 0 Å². The molecule has 2 aromatic carbocycles. The van der Waals surface area contributed by atoms with Gasteiger partial charge in [0.1, 0.15) is 11.8 Å². The highest BCUT2D eigenvalue weighted by molar-refractivity contribution is 5.93. The largest absolute Gasteiger partial charge is 0.497 e. The molecule has 6 nitrogen and oxygen atoms in total. The number of anilines is 1. The molecule has 2 rings (SSSR count). The summed E-state index contributed by atoms with van der Waals surface area (Å²) in [6, 6.07) is 16.1. The van der Waals surface area contributed by atoms with Crippen LogP contribution in [0, 0.1) is 0 Å². The Bertz CT molecular complexity index is 747. The number of benzene rings is 2. The molecular formula is C20H25N3O3. The summed E-state index contributed by atoms with van der Waals surface area (Å²) in [4.78, 5) is 28.4. The second-order valence-electron chi connectivity index (χ2n) is 6.24. The molecule has 0 unspecified atom stereocenters. The third-order valence-electron chi connectivity index (χ3n) is 3.98. The molecule has 0 aromatic heterocycles. The van der Waals surface area contributed by atoms with Crippen LogP contribution in [0.15, 0.2) is 54.6 Å². The Morgan fingerprint density at radius 3 is 2.35 bits per heavy atom. The number of hydrogen-bond acceptors (Lipinski definition) is 4. The molecular weight excluding hydrogens is 330 g/mol. The molecule has 2 amide bonds. The minimum absolute atomic E-state index is 0.0760. The van der Waals surface area contributed by atoms with E-state index in [9.17, 15) is 9.59 Å². The van der Waals surface area contributed by atoms with E-state index in [0.717, 1.165) is 5.56 Å². The first-order valence-corrected chi connectivity index (χ1v) is 8.32. The average molecular weight is 355 g/mol. The van der Waals surface area contributed by atoms with Crippen LogP contribution < -0.4 is 10.1 Å². The molecule has 0 fully saturated rings. The maximum atomic E-state index is 12.6. The average Bonchev–Trinajstić information content (AvgIpc) is 2.62. The molecule has 0 radical (unpaired) electrons. The van der Waals surface area contributed by atoms with Gasteiger partial charge in [-0.3, -0.25) is 14.5 Å². The molecule has 1 atom stereocenters. The van der Waals surface area contributed by atoms with Gasteiger partial charge in [0.05, 0.1) is 13.7 Å². The van der Waals surface area contributed by atoms with Crippen molar-refractivity contribution in [1.29, 1.82) is 0 Å². The van der Waals surface area contributed by atoms with Crippen molar-refractivity contribution in [2.24, 2.45) is 0 Å². The first-order valence-electron chi connectivity index (χ1n) is 8.32. The van der Waals surface area contributed by atoms with Crippen molar-refractivity contribution in [2.45, 2.75) is 6.04 Å². The molecule has 0 bridgehead atoms. The van der Waals surface area contributed by atoms with Gasteiger partial charge in [0.15, 0.2) is 0 Å². The second-order valence-corrected chi connectivity index (χ2v) is 6.24. The molecule has 6 heteroatoms. The van der Waals surface area contributed by atoms with E-state index in [0.29, 0.717) is 11.4 Å². The number of amides is 2. The monoisotopic (exact) mass is 355 g/mol. The number of hydrogen-bond donors (Lipinski definition) is 1. The Morgan fingerprint density at radius 1 is 1.04 bits per heavy atom. The number of nitrogens with zero attached hydrogens (tertiary/aromatic N) is 2. The van der Waals surface area contributed by atoms with E-state index in [1.165, 1.54) is 4.90 Å². The van der Waals surface area contributed by atoms with Crippen LogP contribution >= 0.6 is 0 Å². The van der Waals surface area contributed by atoms with E-state index in [1.54, 1.807) is 51.4 Å². The number of rotatable bonds is 7. The molecule has 0 spiro atoms. The van der Waals surface area contributed by atoms with Gasteiger partial charge < -0.3 is 15.0 Å². The SMILES string of the molecule is COc1cccc(NC(=O)CN(C)[C@@H](C(=O)N(C)C)c2ccccc2)c1. The fourth-order valence-corrected chi connectivity index (χ4v) is 2.68. The van der Waals surface area contributed by atoms with E-state index in [2.05, 4.69) is 5.32 Å². The van der Waals surface area contributed by atoms with E-state index in [4.69, 9.17) is 4.74 Å². The zero-order chi connectivity index (χ0) is 19.1. The summed E-state index contributed by atoms with van der Waals surface area (Å²) in [6.07, 6.45) is 0. The Labute approximate surface area is 154 Å². The van der Waals surface area contributed by atoms with Crippen LogP contribution in [0.2, 0.25) is 0 Å². The predicted octanol–water partition coefficient (Wildman–Crippen LogP) is 2.39. The molecule has 2 aromatic rings. The Balaban J connectivity index is 2.11. The quantitative estimate of drug-likeness (QED) is 0.828. The van der Waals surface area contributed by atoms with Gasteiger partial charge in [0.25, 0.3) is 0 Å². The van der Waals surface area contributed by atoms with E-state index >= 15 is 0 Å². The number of nitrogens with one attached hydrogen (secondary N) is 1. The molecule has 0 saturated heterocycles. The van der Waals surface area contributed by atoms with Crippen LogP contribution in [-0.4, -0.2) is 56.4 Å². The number of carbonyl (C=O) groups is 2. The van der Waals surface area contributed by atoms with Crippen molar-refractivity contribution in [3.63, 3.8) is 0 Å². The van der Waals surface area contributed by atoms with Crippen molar-refractivity contribution in [3.8, 4) is 5.75 Å². The highest BCUT2D eigenvalue weighted by Crippen LogP contribution is 2.22.